The standard InChI is InChI=1S/C24H20Cl2N2O4S2/c1-24(2,34(3,30)31)15-4-9-19-14(10-15)11-20(33-19)23(29)28-21-12-17(26)13-22(27-21)32-18-7-5-16(25)6-8-18/h4-13H,1-3H3,(H,27,28,29). The van der Waals surface area contributed by atoms with Crippen LogP contribution in [0.25, 0.3) is 10.1 Å². The predicted octanol–water partition coefficient (Wildman–Crippen LogP) is 6.93. The van der Waals surface area contributed by atoms with E-state index in [-0.39, 0.29) is 17.6 Å². The number of benzene rings is 2. The normalized spacial score (nSPS) is 12.0. The van der Waals surface area contributed by atoms with Crippen LogP contribution in [0.15, 0.2) is 60.7 Å². The summed E-state index contributed by atoms with van der Waals surface area (Å²) in [5, 5.41) is 4.45. The fourth-order valence-corrected chi connectivity index (χ4v) is 4.95. The number of hydrogen-bond donors (Lipinski definition) is 1. The molecule has 1 N–H and O–H groups in total. The van der Waals surface area contributed by atoms with Gasteiger partial charge in [-0.05, 0) is 73.3 Å². The van der Waals surface area contributed by atoms with Crippen LogP contribution < -0.4 is 10.1 Å². The van der Waals surface area contributed by atoms with Crippen molar-refractivity contribution < 1.29 is 17.9 Å². The Kier molecular flexibility index (Phi) is 6.61. The summed E-state index contributed by atoms with van der Waals surface area (Å²) in [5.41, 5.74) is 0.660. The van der Waals surface area contributed by atoms with Crippen molar-refractivity contribution in [1.82, 2.24) is 4.98 Å². The van der Waals surface area contributed by atoms with Gasteiger partial charge < -0.3 is 10.1 Å². The maximum Gasteiger partial charge on any atom is 0.266 e. The Morgan fingerprint density at radius 1 is 1.00 bits per heavy atom. The van der Waals surface area contributed by atoms with Crippen LogP contribution in [-0.2, 0) is 14.6 Å². The largest absolute Gasteiger partial charge is 0.439 e. The molecule has 0 bridgehead atoms. The molecule has 0 aliphatic carbocycles. The number of fused-ring (bicyclic) bond motifs is 1. The number of halogens is 2. The number of sulfone groups is 1. The summed E-state index contributed by atoms with van der Waals surface area (Å²) in [7, 11) is -3.32. The smallest absolute Gasteiger partial charge is 0.266 e. The maximum absolute atomic E-state index is 12.9. The lowest BCUT2D eigenvalue weighted by atomic mass is 10.0. The molecule has 34 heavy (non-hydrogen) atoms. The van der Waals surface area contributed by atoms with Crippen LogP contribution in [0.2, 0.25) is 10.0 Å². The fraction of sp³-hybridized carbons (Fsp3) is 0.167. The van der Waals surface area contributed by atoms with Crippen LogP contribution in [0.5, 0.6) is 11.6 Å². The number of aromatic nitrogens is 1. The minimum atomic E-state index is -3.32. The second-order valence-electron chi connectivity index (χ2n) is 8.16. The molecule has 0 saturated heterocycles. The van der Waals surface area contributed by atoms with E-state index in [1.54, 1.807) is 56.3 Å². The van der Waals surface area contributed by atoms with Crippen LogP contribution in [0.3, 0.4) is 0 Å². The minimum Gasteiger partial charge on any atom is -0.439 e. The fourth-order valence-electron chi connectivity index (χ4n) is 3.13. The summed E-state index contributed by atoms with van der Waals surface area (Å²) in [6.45, 7) is 3.33. The van der Waals surface area contributed by atoms with Crippen LogP contribution in [0.4, 0.5) is 5.82 Å². The van der Waals surface area contributed by atoms with Crippen LogP contribution in [0, 0.1) is 0 Å². The summed E-state index contributed by atoms with van der Waals surface area (Å²) >= 11 is 13.4. The zero-order valence-electron chi connectivity index (χ0n) is 18.4. The number of pyridine rings is 1. The Hall–Kier alpha value is -2.65. The average Bonchev–Trinajstić information content (AvgIpc) is 3.18. The number of anilines is 1. The van der Waals surface area contributed by atoms with E-state index in [9.17, 15) is 13.2 Å². The van der Waals surface area contributed by atoms with Crippen molar-refractivity contribution in [2.75, 3.05) is 11.6 Å². The molecule has 0 radical (unpaired) electrons. The average molecular weight is 535 g/mol. The highest BCUT2D eigenvalue weighted by Crippen LogP contribution is 2.34. The summed E-state index contributed by atoms with van der Waals surface area (Å²) in [6, 6.07) is 17.0. The van der Waals surface area contributed by atoms with Crippen molar-refractivity contribution in [2.45, 2.75) is 18.6 Å². The molecular weight excluding hydrogens is 515 g/mol. The van der Waals surface area contributed by atoms with Gasteiger partial charge in [0, 0.05) is 27.1 Å². The molecule has 1 amide bonds. The lowest BCUT2D eigenvalue weighted by molar-refractivity contribution is 0.103. The van der Waals surface area contributed by atoms with Gasteiger partial charge in [-0.1, -0.05) is 29.3 Å². The van der Waals surface area contributed by atoms with E-state index < -0.39 is 14.6 Å². The molecular formula is C24H20Cl2N2O4S2. The maximum atomic E-state index is 12.9. The SMILES string of the molecule is CC(C)(c1ccc2sc(C(=O)Nc3cc(Cl)cc(Oc4ccc(Cl)cc4)n3)cc2c1)S(C)(=O)=O. The number of nitrogens with zero attached hydrogens (tertiary/aromatic N) is 1. The number of ether oxygens (including phenoxy) is 1. The van der Waals surface area contributed by atoms with E-state index in [2.05, 4.69) is 10.3 Å². The van der Waals surface area contributed by atoms with Gasteiger partial charge >= 0.3 is 0 Å². The molecule has 176 valence electrons. The van der Waals surface area contributed by atoms with Crippen molar-refractivity contribution in [3.63, 3.8) is 0 Å². The molecule has 0 saturated carbocycles. The van der Waals surface area contributed by atoms with Crippen LogP contribution in [0.1, 0.15) is 29.1 Å². The Morgan fingerprint density at radius 2 is 1.71 bits per heavy atom. The zero-order chi connectivity index (χ0) is 24.7. The van der Waals surface area contributed by atoms with E-state index in [4.69, 9.17) is 27.9 Å². The molecule has 0 aliphatic rings. The third kappa shape index (κ3) is 5.20. The van der Waals surface area contributed by atoms with Crippen molar-refractivity contribution in [1.29, 1.82) is 0 Å². The van der Waals surface area contributed by atoms with E-state index in [0.29, 0.717) is 26.2 Å². The van der Waals surface area contributed by atoms with Crippen molar-refractivity contribution >= 4 is 66.2 Å². The molecule has 0 fully saturated rings. The summed E-state index contributed by atoms with van der Waals surface area (Å²) in [4.78, 5) is 17.7. The minimum absolute atomic E-state index is 0.217. The Labute approximate surface area is 211 Å². The quantitative estimate of drug-likeness (QED) is 0.290. The molecule has 10 heteroatoms. The number of hydrogen-bond acceptors (Lipinski definition) is 6. The first-order valence-corrected chi connectivity index (χ1v) is 13.5. The van der Waals surface area contributed by atoms with Crippen molar-refractivity contribution in [3.05, 3.63) is 81.1 Å². The second kappa shape index (κ2) is 9.19. The first-order valence-electron chi connectivity index (χ1n) is 10.1. The van der Waals surface area contributed by atoms with Gasteiger partial charge in [-0.2, -0.15) is 4.98 Å². The molecule has 2 aromatic heterocycles. The molecule has 4 rings (SSSR count). The highest BCUT2D eigenvalue weighted by molar-refractivity contribution is 7.91. The Balaban J connectivity index is 1.57. The molecule has 0 atom stereocenters. The Bertz CT molecular complexity index is 1500. The lowest BCUT2D eigenvalue weighted by Gasteiger charge is -2.23. The van der Waals surface area contributed by atoms with E-state index in [0.717, 1.165) is 10.1 Å². The molecule has 2 aromatic carbocycles. The van der Waals surface area contributed by atoms with Gasteiger partial charge in [0.05, 0.1) is 9.62 Å². The predicted molar refractivity (Wildman–Crippen MR) is 138 cm³/mol. The van der Waals surface area contributed by atoms with E-state index >= 15 is 0 Å². The third-order valence-electron chi connectivity index (χ3n) is 5.41. The van der Waals surface area contributed by atoms with Gasteiger partial charge in [0.15, 0.2) is 9.84 Å². The second-order valence-corrected chi connectivity index (χ2v) is 12.7. The highest BCUT2D eigenvalue weighted by atomic mass is 35.5. The highest BCUT2D eigenvalue weighted by Gasteiger charge is 2.32. The molecule has 0 unspecified atom stereocenters. The molecule has 2 heterocycles. The first-order chi connectivity index (χ1) is 15.9. The van der Waals surface area contributed by atoms with Gasteiger partial charge in [0.1, 0.15) is 11.6 Å². The molecule has 0 aliphatic heterocycles. The van der Waals surface area contributed by atoms with E-state index in [1.165, 1.54) is 29.7 Å². The van der Waals surface area contributed by atoms with Crippen LogP contribution >= 0.6 is 34.5 Å². The summed E-state index contributed by atoms with van der Waals surface area (Å²) in [6.07, 6.45) is 1.21. The first kappa shape index (κ1) is 24.5. The molecule has 6 nitrogen and oxygen atoms in total. The number of carbonyl (C=O) groups excluding carboxylic acids is 1. The summed E-state index contributed by atoms with van der Waals surface area (Å²) in [5.74, 6) is 0.609. The lowest BCUT2D eigenvalue weighted by Crippen LogP contribution is -2.27. The van der Waals surface area contributed by atoms with E-state index in [1.807, 2.05) is 6.07 Å². The number of amides is 1. The number of thiophene rings is 1. The monoisotopic (exact) mass is 534 g/mol. The number of rotatable bonds is 6. The van der Waals surface area contributed by atoms with Gasteiger partial charge in [0.25, 0.3) is 5.91 Å². The number of nitrogens with one attached hydrogen (secondary N) is 1. The molecule has 0 spiro atoms. The summed E-state index contributed by atoms with van der Waals surface area (Å²) < 4.78 is 29.9. The van der Waals surface area contributed by atoms with Crippen molar-refractivity contribution in [2.24, 2.45) is 0 Å². The zero-order valence-corrected chi connectivity index (χ0v) is 21.6. The molecule has 4 aromatic rings. The number of carbonyl (C=O) groups is 1. The van der Waals surface area contributed by atoms with Gasteiger partial charge in [0.2, 0.25) is 5.88 Å². The van der Waals surface area contributed by atoms with Crippen LogP contribution in [-0.4, -0.2) is 25.6 Å². The van der Waals surface area contributed by atoms with Gasteiger partial charge in [-0.3, -0.25) is 4.79 Å². The Morgan fingerprint density at radius 3 is 2.38 bits per heavy atom. The third-order valence-corrected chi connectivity index (χ3v) is 9.08. The van der Waals surface area contributed by atoms with Crippen molar-refractivity contribution in [3.8, 4) is 11.6 Å². The topological polar surface area (TPSA) is 85.4 Å². The van der Waals surface area contributed by atoms with Gasteiger partial charge in [-0.15, -0.1) is 11.3 Å². The van der Waals surface area contributed by atoms with Gasteiger partial charge in [-0.25, -0.2) is 8.42 Å².